The monoisotopic (exact) mass is 404 g/mol. The van der Waals surface area contributed by atoms with Crippen LogP contribution < -0.4 is 5.56 Å². The lowest BCUT2D eigenvalue weighted by atomic mass is 10.1. The number of fused-ring (bicyclic) bond motifs is 1. The van der Waals surface area contributed by atoms with Crippen LogP contribution in [0.15, 0.2) is 82.6 Å². The van der Waals surface area contributed by atoms with E-state index >= 15 is 0 Å². The minimum atomic E-state index is -0.00332. The highest BCUT2D eigenvalue weighted by Crippen LogP contribution is 2.32. The summed E-state index contributed by atoms with van der Waals surface area (Å²) >= 11 is 3.11. The maximum Gasteiger partial charge on any atom is 0.263 e. The van der Waals surface area contributed by atoms with Crippen molar-refractivity contribution in [3.63, 3.8) is 0 Å². The Morgan fingerprint density at radius 1 is 1.14 bits per heavy atom. The van der Waals surface area contributed by atoms with E-state index in [0.29, 0.717) is 11.9 Å². The molecule has 0 aliphatic heterocycles. The molecule has 0 spiro atoms. The lowest BCUT2D eigenvalue weighted by molar-refractivity contribution is 0.673. The lowest BCUT2D eigenvalue weighted by Gasteiger charge is -2.11. The molecule has 0 saturated carbocycles. The standard InChI is InChI=1S/C23H20N2OS2/c1-3-13-25-22(26)20-19(18-7-5-4-6-8-18)15-27-21(20)24-23(25)28-14-17-11-9-16(2)10-12-17/h3-12,15H,1,13-14H2,2H3. The van der Waals surface area contributed by atoms with Crippen LogP contribution in [0.25, 0.3) is 21.3 Å². The molecule has 0 fully saturated rings. The minimum absolute atomic E-state index is 0.00332. The third-order valence-corrected chi connectivity index (χ3v) is 6.46. The number of allylic oxidation sites excluding steroid dienone is 1. The van der Waals surface area contributed by atoms with Crippen LogP contribution in [-0.4, -0.2) is 9.55 Å². The van der Waals surface area contributed by atoms with Crippen molar-refractivity contribution in [3.8, 4) is 11.1 Å². The molecule has 4 rings (SSSR count). The fraction of sp³-hybridized carbons (Fsp3) is 0.130. The molecule has 5 heteroatoms. The van der Waals surface area contributed by atoms with Gasteiger partial charge in [0.25, 0.3) is 5.56 Å². The summed E-state index contributed by atoms with van der Waals surface area (Å²) < 4.78 is 1.73. The van der Waals surface area contributed by atoms with Crippen molar-refractivity contribution in [1.82, 2.24) is 9.55 Å². The number of thiophene rings is 1. The quantitative estimate of drug-likeness (QED) is 0.228. The van der Waals surface area contributed by atoms with Gasteiger partial charge in [-0.05, 0) is 18.1 Å². The maximum atomic E-state index is 13.3. The Morgan fingerprint density at radius 3 is 2.61 bits per heavy atom. The average Bonchev–Trinajstić information content (AvgIpc) is 3.15. The summed E-state index contributed by atoms with van der Waals surface area (Å²) in [5.74, 6) is 0.770. The molecular formula is C23H20N2OS2. The Morgan fingerprint density at radius 2 is 1.89 bits per heavy atom. The fourth-order valence-electron chi connectivity index (χ4n) is 3.07. The number of aryl methyl sites for hydroxylation is 1. The smallest absolute Gasteiger partial charge is 0.263 e. The molecule has 0 amide bonds. The van der Waals surface area contributed by atoms with E-state index in [2.05, 4.69) is 37.8 Å². The Balaban J connectivity index is 1.77. The first-order valence-electron chi connectivity index (χ1n) is 9.04. The molecule has 3 nitrogen and oxygen atoms in total. The summed E-state index contributed by atoms with van der Waals surface area (Å²) in [5, 5.41) is 3.46. The van der Waals surface area contributed by atoms with E-state index in [9.17, 15) is 4.79 Å². The summed E-state index contributed by atoms with van der Waals surface area (Å²) in [5.41, 5.74) is 4.44. The van der Waals surface area contributed by atoms with Crippen LogP contribution in [-0.2, 0) is 12.3 Å². The van der Waals surface area contributed by atoms with Crippen LogP contribution in [0.3, 0.4) is 0 Å². The average molecular weight is 405 g/mol. The Labute approximate surface area is 172 Å². The molecule has 0 saturated heterocycles. The van der Waals surface area contributed by atoms with Gasteiger partial charge in [0.05, 0.1) is 5.39 Å². The van der Waals surface area contributed by atoms with E-state index in [0.717, 1.165) is 26.9 Å². The van der Waals surface area contributed by atoms with Crippen LogP contribution in [0.5, 0.6) is 0 Å². The van der Waals surface area contributed by atoms with Crippen molar-refractivity contribution in [2.75, 3.05) is 0 Å². The highest BCUT2D eigenvalue weighted by molar-refractivity contribution is 7.98. The largest absolute Gasteiger partial charge is 0.283 e. The van der Waals surface area contributed by atoms with Gasteiger partial charge in [-0.2, -0.15) is 0 Å². The van der Waals surface area contributed by atoms with E-state index in [-0.39, 0.29) is 5.56 Å². The Kier molecular flexibility index (Phi) is 5.46. The number of aromatic nitrogens is 2. The summed E-state index contributed by atoms with van der Waals surface area (Å²) in [6.45, 7) is 6.35. The van der Waals surface area contributed by atoms with Gasteiger partial charge in [0.1, 0.15) is 4.83 Å². The van der Waals surface area contributed by atoms with Gasteiger partial charge in [-0.15, -0.1) is 17.9 Å². The van der Waals surface area contributed by atoms with Gasteiger partial charge in [0.15, 0.2) is 5.16 Å². The van der Waals surface area contributed by atoms with Crippen LogP contribution in [0.2, 0.25) is 0 Å². The maximum absolute atomic E-state index is 13.3. The van der Waals surface area contributed by atoms with Crippen LogP contribution >= 0.6 is 23.1 Å². The molecule has 0 atom stereocenters. The van der Waals surface area contributed by atoms with Crippen molar-refractivity contribution >= 4 is 33.3 Å². The number of nitrogens with zero attached hydrogens (tertiary/aromatic N) is 2. The number of hydrogen-bond acceptors (Lipinski definition) is 4. The zero-order valence-corrected chi connectivity index (χ0v) is 17.2. The summed E-state index contributed by atoms with van der Waals surface area (Å²) in [6.07, 6.45) is 1.75. The van der Waals surface area contributed by atoms with E-state index in [1.807, 2.05) is 35.7 Å². The predicted octanol–water partition coefficient (Wildman–Crippen LogP) is 5.91. The molecular weight excluding hydrogens is 384 g/mol. The first-order valence-corrected chi connectivity index (χ1v) is 10.9. The second-order valence-electron chi connectivity index (χ2n) is 6.57. The molecule has 0 aliphatic rings. The fourth-order valence-corrected chi connectivity index (χ4v) is 5.02. The van der Waals surface area contributed by atoms with Crippen molar-refractivity contribution in [2.24, 2.45) is 0 Å². The molecule has 0 aliphatic carbocycles. The van der Waals surface area contributed by atoms with E-state index in [4.69, 9.17) is 4.98 Å². The van der Waals surface area contributed by atoms with Crippen LogP contribution in [0.1, 0.15) is 11.1 Å². The van der Waals surface area contributed by atoms with Crippen molar-refractivity contribution < 1.29 is 0 Å². The predicted molar refractivity (Wildman–Crippen MR) is 120 cm³/mol. The Hall–Kier alpha value is -2.63. The van der Waals surface area contributed by atoms with Crippen molar-refractivity contribution in [2.45, 2.75) is 24.4 Å². The third kappa shape index (κ3) is 3.68. The molecule has 2 heterocycles. The number of rotatable bonds is 6. The third-order valence-electron chi connectivity index (χ3n) is 4.54. The molecule has 140 valence electrons. The number of thioether (sulfide) groups is 1. The van der Waals surface area contributed by atoms with Gasteiger partial charge >= 0.3 is 0 Å². The van der Waals surface area contributed by atoms with Gasteiger partial charge < -0.3 is 0 Å². The molecule has 0 radical (unpaired) electrons. The second-order valence-corrected chi connectivity index (χ2v) is 8.37. The molecule has 2 aromatic heterocycles. The highest BCUT2D eigenvalue weighted by atomic mass is 32.2. The molecule has 2 aromatic carbocycles. The zero-order valence-electron chi connectivity index (χ0n) is 15.6. The van der Waals surface area contributed by atoms with Gasteiger partial charge in [0.2, 0.25) is 0 Å². The molecule has 0 unspecified atom stereocenters. The first-order chi connectivity index (χ1) is 13.7. The SMILES string of the molecule is C=CCn1c(SCc2ccc(C)cc2)nc2scc(-c3ccccc3)c2c1=O. The van der Waals surface area contributed by atoms with Crippen molar-refractivity contribution in [1.29, 1.82) is 0 Å². The van der Waals surface area contributed by atoms with E-state index in [1.54, 1.807) is 22.4 Å². The number of hydrogen-bond donors (Lipinski definition) is 0. The van der Waals surface area contributed by atoms with Gasteiger partial charge in [-0.25, -0.2) is 4.98 Å². The summed E-state index contributed by atoms with van der Waals surface area (Å²) in [7, 11) is 0. The van der Waals surface area contributed by atoms with E-state index in [1.165, 1.54) is 22.5 Å². The van der Waals surface area contributed by atoms with E-state index < -0.39 is 0 Å². The van der Waals surface area contributed by atoms with Crippen LogP contribution in [0, 0.1) is 6.92 Å². The summed E-state index contributed by atoms with van der Waals surface area (Å²) in [4.78, 5) is 18.9. The minimum Gasteiger partial charge on any atom is -0.283 e. The molecule has 4 aromatic rings. The van der Waals surface area contributed by atoms with Gasteiger partial charge in [0, 0.05) is 23.2 Å². The molecule has 0 bridgehead atoms. The Bertz CT molecular complexity index is 1180. The number of benzene rings is 2. The zero-order chi connectivity index (χ0) is 19.5. The summed E-state index contributed by atoms with van der Waals surface area (Å²) in [6, 6.07) is 18.5. The van der Waals surface area contributed by atoms with Gasteiger partial charge in [-0.1, -0.05) is 78.0 Å². The first kappa shape index (κ1) is 18.7. The van der Waals surface area contributed by atoms with Crippen LogP contribution in [0.4, 0.5) is 0 Å². The highest BCUT2D eigenvalue weighted by Gasteiger charge is 2.17. The molecule has 28 heavy (non-hydrogen) atoms. The second kappa shape index (κ2) is 8.17. The van der Waals surface area contributed by atoms with Crippen molar-refractivity contribution in [3.05, 3.63) is 94.1 Å². The topological polar surface area (TPSA) is 34.9 Å². The van der Waals surface area contributed by atoms with Gasteiger partial charge in [-0.3, -0.25) is 9.36 Å². The molecule has 0 N–H and O–H groups in total. The lowest BCUT2D eigenvalue weighted by Crippen LogP contribution is -2.22. The normalized spacial score (nSPS) is 11.0.